The summed E-state index contributed by atoms with van der Waals surface area (Å²) in [5.74, 6) is 0.171. The molecule has 0 spiro atoms. The summed E-state index contributed by atoms with van der Waals surface area (Å²) in [5, 5.41) is 5.33. The number of carbonyl (C=O) groups is 1. The van der Waals surface area contributed by atoms with Crippen LogP contribution < -0.4 is 5.32 Å². The van der Waals surface area contributed by atoms with Crippen LogP contribution in [0.5, 0.6) is 0 Å². The van der Waals surface area contributed by atoms with Crippen molar-refractivity contribution in [3.63, 3.8) is 0 Å². The summed E-state index contributed by atoms with van der Waals surface area (Å²) in [5.41, 5.74) is 2.38. The Balaban J connectivity index is 0.00000162. The van der Waals surface area contributed by atoms with E-state index in [1.807, 2.05) is 19.4 Å². The molecular weight excluding hydrogens is 305 g/mol. The van der Waals surface area contributed by atoms with Crippen LogP contribution in [0.15, 0.2) is 10.9 Å². The summed E-state index contributed by atoms with van der Waals surface area (Å²) in [6.07, 6.45) is 3.21. The Morgan fingerprint density at radius 1 is 1.53 bits per heavy atom. The number of halogens is 2. The molecule has 1 N–H and O–H groups in total. The number of likely N-dealkylation sites (N-methyl/N-ethyl adjacent to an activating group) is 1. The lowest BCUT2D eigenvalue weighted by atomic mass is 9.89. The maximum absolute atomic E-state index is 12.4. The molecule has 2 heterocycles. The predicted octanol–water partition coefficient (Wildman–Crippen LogP) is 2.48. The van der Waals surface area contributed by atoms with Crippen LogP contribution in [0, 0.1) is 0 Å². The Hall–Kier alpha value is -0.360. The molecule has 0 aromatic carbocycles. The van der Waals surface area contributed by atoms with Gasteiger partial charge in [-0.2, -0.15) is 0 Å². The van der Waals surface area contributed by atoms with E-state index in [2.05, 4.69) is 10.3 Å². The van der Waals surface area contributed by atoms with E-state index in [0.717, 1.165) is 25.1 Å². The minimum atomic E-state index is -0.386. The van der Waals surface area contributed by atoms with Gasteiger partial charge in [0.2, 0.25) is 5.91 Å². The molecule has 4 nitrogen and oxygen atoms in total. The van der Waals surface area contributed by atoms with Gasteiger partial charge in [-0.1, -0.05) is 0 Å². The van der Waals surface area contributed by atoms with E-state index < -0.39 is 0 Å². The van der Waals surface area contributed by atoms with Crippen LogP contribution in [0.2, 0.25) is 0 Å². The molecule has 1 amide bonds. The molecular formula is C12H21Cl2N3OS. The van der Waals surface area contributed by atoms with Crippen LogP contribution in [-0.2, 0) is 11.3 Å². The molecule has 0 bridgehead atoms. The number of nitrogens with zero attached hydrogens (tertiary/aromatic N) is 2. The third kappa shape index (κ3) is 4.60. The van der Waals surface area contributed by atoms with Gasteiger partial charge in [0.15, 0.2) is 0 Å². The zero-order chi connectivity index (χ0) is 12.3. The van der Waals surface area contributed by atoms with Crippen molar-refractivity contribution in [2.45, 2.75) is 38.3 Å². The first kappa shape index (κ1) is 18.6. The number of rotatable bonds is 3. The fourth-order valence-corrected chi connectivity index (χ4v) is 2.84. The van der Waals surface area contributed by atoms with Crippen LogP contribution in [0.25, 0.3) is 0 Å². The Bertz CT molecular complexity index is 380. The summed E-state index contributed by atoms with van der Waals surface area (Å²) in [4.78, 5) is 18.4. The van der Waals surface area contributed by atoms with Gasteiger partial charge < -0.3 is 10.2 Å². The largest absolute Gasteiger partial charge is 0.338 e. The summed E-state index contributed by atoms with van der Waals surface area (Å²) in [6, 6.07) is 0. The molecule has 0 radical (unpaired) electrons. The van der Waals surface area contributed by atoms with Crippen LogP contribution in [0.1, 0.15) is 31.9 Å². The van der Waals surface area contributed by atoms with E-state index >= 15 is 0 Å². The topological polar surface area (TPSA) is 45.2 Å². The normalized spacial score (nSPS) is 22.0. The van der Waals surface area contributed by atoms with Gasteiger partial charge in [-0.3, -0.25) is 4.79 Å². The first-order valence-corrected chi connectivity index (χ1v) is 6.94. The molecule has 1 atom stereocenters. The van der Waals surface area contributed by atoms with E-state index in [0.29, 0.717) is 6.54 Å². The molecule has 1 aliphatic heterocycles. The van der Waals surface area contributed by atoms with Crippen LogP contribution in [-0.4, -0.2) is 34.9 Å². The highest BCUT2D eigenvalue weighted by Gasteiger charge is 2.36. The Kier molecular flexibility index (Phi) is 7.89. The first-order valence-electron chi connectivity index (χ1n) is 5.99. The Labute approximate surface area is 130 Å². The SMILES string of the molecule is CN(Cc1cscn1)C(=O)C1(C)CCCCN1.Cl.Cl. The molecule has 1 aliphatic rings. The number of thiazole rings is 1. The molecule has 1 fully saturated rings. The third-order valence-electron chi connectivity index (χ3n) is 3.32. The molecule has 2 rings (SSSR count). The molecule has 1 aromatic rings. The van der Waals surface area contributed by atoms with Crippen molar-refractivity contribution in [1.82, 2.24) is 15.2 Å². The molecule has 1 unspecified atom stereocenters. The van der Waals surface area contributed by atoms with E-state index in [-0.39, 0.29) is 36.3 Å². The number of piperidine rings is 1. The van der Waals surface area contributed by atoms with E-state index in [1.54, 1.807) is 21.7 Å². The second-order valence-electron chi connectivity index (χ2n) is 4.86. The summed E-state index contributed by atoms with van der Waals surface area (Å²) < 4.78 is 0. The number of hydrogen-bond donors (Lipinski definition) is 1. The molecule has 19 heavy (non-hydrogen) atoms. The number of hydrogen-bond acceptors (Lipinski definition) is 4. The van der Waals surface area contributed by atoms with E-state index in [4.69, 9.17) is 0 Å². The number of carbonyl (C=O) groups excluding carboxylic acids is 1. The van der Waals surface area contributed by atoms with Crippen LogP contribution >= 0.6 is 36.2 Å². The lowest BCUT2D eigenvalue weighted by molar-refractivity contribution is -0.138. The first-order chi connectivity index (χ1) is 8.12. The van der Waals surface area contributed by atoms with Gasteiger partial charge in [0, 0.05) is 12.4 Å². The zero-order valence-electron chi connectivity index (χ0n) is 11.2. The fraction of sp³-hybridized carbons (Fsp3) is 0.667. The van der Waals surface area contributed by atoms with Crippen molar-refractivity contribution in [2.75, 3.05) is 13.6 Å². The number of aromatic nitrogens is 1. The lowest BCUT2D eigenvalue weighted by Crippen LogP contribution is -2.57. The van der Waals surface area contributed by atoms with Crippen molar-refractivity contribution in [3.8, 4) is 0 Å². The van der Waals surface area contributed by atoms with E-state index in [9.17, 15) is 4.79 Å². The maximum Gasteiger partial charge on any atom is 0.242 e. The van der Waals surface area contributed by atoms with Gasteiger partial charge in [0.25, 0.3) is 0 Å². The highest BCUT2D eigenvalue weighted by molar-refractivity contribution is 7.07. The third-order valence-corrected chi connectivity index (χ3v) is 3.96. The summed E-state index contributed by atoms with van der Waals surface area (Å²) in [7, 11) is 1.85. The van der Waals surface area contributed by atoms with Crippen LogP contribution in [0.3, 0.4) is 0 Å². The van der Waals surface area contributed by atoms with Crippen molar-refractivity contribution >= 4 is 42.1 Å². The summed E-state index contributed by atoms with van der Waals surface area (Å²) in [6.45, 7) is 3.54. The maximum atomic E-state index is 12.4. The molecule has 110 valence electrons. The minimum absolute atomic E-state index is 0. The van der Waals surface area contributed by atoms with Gasteiger partial charge in [0.1, 0.15) is 0 Å². The lowest BCUT2D eigenvalue weighted by Gasteiger charge is -2.36. The average molecular weight is 326 g/mol. The van der Waals surface area contributed by atoms with E-state index in [1.165, 1.54) is 6.42 Å². The quantitative estimate of drug-likeness (QED) is 0.928. The second kappa shape index (κ2) is 8.04. The second-order valence-corrected chi connectivity index (χ2v) is 5.58. The van der Waals surface area contributed by atoms with Crippen molar-refractivity contribution in [1.29, 1.82) is 0 Å². The fourth-order valence-electron chi connectivity index (χ4n) is 2.29. The van der Waals surface area contributed by atoms with Crippen molar-refractivity contribution in [2.24, 2.45) is 0 Å². The minimum Gasteiger partial charge on any atom is -0.338 e. The van der Waals surface area contributed by atoms with Crippen molar-refractivity contribution < 1.29 is 4.79 Å². The molecule has 0 aliphatic carbocycles. The molecule has 7 heteroatoms. The standard InChI is InChI=1S/C12H19N3OS.2ClH/c1-12(5-3-4-6-14-12)11(16)15(2)7-10-8-17-9-13-10;;/h8-9,14H,3-7H2,1-2H3;2*1H. The van der Waals surface area contributed by atoms with Gasteiger partial charge in [-0.25, -0.2) is 4.98 Å². The molecule has 0 saturated carbocycles. The highest BCUT2D eigenvalue weighted by Crippen LogP contribution is 2.21. The Morgan fingerprint density at radius 2 is 2.26 bits per heavy atom. The summed E-state index contributed by atoms with van der Waals surface area (Å²) >= 11 is 1.56. The molecule has 1 aromatic heterocycles. The van der Waals surface area contributed by atoms with Gasteiger partial charge in [0.05, 0.1) is 23.3 Å². The van der Waals surface area contributed by atoms with Gasteiger partial charge >= 0.3 is 0 Å². The predicted molar refractivity (Wildman–Crippen MR) is 83.3 cm³/mol. The number of nitrogens with one attached hydrogen (secondary N) is 1. The van der Waals surface area contributed by atoms with Gasteiger partial charge in [-0.05, 0) is 32.7 Å². The Morgan fingerprint density at radius 3 is 2.79 bits per heavy atom. The highest BCUT2D eigenvalue weighted by atomic mass is 35.5. The van der Waals surface area contributed by atoms with Gasteiger partial charge in [-0.15, -0.1) is 36.2 Å². The smallest absolute Gasteiger partial charge is 0.242 e. The van der Waals surface area contributed by atoms with Crippen molar-refractivity contribution in [3.05, 3.63) is 16.6 Å². The average Bonchev–Trinajstić information content (AvgIpc) is 2.81. The zero-order valence-corrected chi connectivity index (χ0v) is 13.7. The molecule has 1 saturated heterocycles. The van der Waals surface area contributed by atoms with Crippen LogP contribution in [0.4, 0.5) is 0 Å². The monoisotopic (exact) mass is 325 g/mol. The number of amides is 1.